The molecule has 0 fully saturated rings. The van der Waals surface area contributed by atoms with Crippen molar-refractivity contribution in [2.75, 3.05) is 0 Å². The standard InChI is InChI=1S/C9H7N5.C9H8N2O/c10-14-13-6-8-5-11-4-7-2-1-3-12-9(7)8;12-6-8-5-10-4-7-2-1-3-11-9(7)8/h1-5H,6H2;1-5,12H,6H2. The lowest BCUT2D eigenvalue weighted by atomic mass is 10.2. The Morgan fingerprint density at radius 2 is 1.46 bits per heavy atom. The van der Waals surface area contributed by atoms with Gasteiger partial charge < -0.3 is 5.11 Å². The van der Waals surface area contributed by atoms with Gasteiger partial charge in [-0.05, 0) is 29.8 Å². The molecule has 1 N–H and O–H groups in total. The molecule has 0 bridgehead atoms. The number of rotatable bonds is 3. The van der Waals surface area contributed by atoms with Crippen LogP contribution in [0.1, 0.15) is 11.1 Å². The van der Waals surface area contributed by atoms with Gasteiger partial charge in [-0.3, -0.25) is 19.9 Å². The molecular weight excluding hydrogens is 330 g/mol. The van der Waals surface area contributed by atoms with E-state index >= 15 is 0 Å². The Bertz CT molecular complexity index is 1070. The first kappa shape index (κ1) is 17.2. The second kappa shape index (κ2) is 8.48. The number of aliphatic hydroxyl groups is 1. The van der Waals surface area contributed by atoms with Crippen molar-refractivity contribution in [3.63, 3.8) is 0 Å². The lowest BCUT2D eigenvalue weighted by Crippen LogP contribution is -1.89. The highest BCUT2D eigenvalue weighted by atomic mass is 16.3. The zero-order valence-electron chi connectivity index (χ0n) is 13.8. The van der Waals surface area contributed by atoms with Gasteiger partial charge in [-0.2, -0.15) is 0 Å². The molecule has 0 amide bonds. The highest BCUT2D eigenvalue weighted by Crippen LogP contribution is 2.15. The molecule has 128 valence electrons. The molecule has 0 saturated heterocycles. The Kier molecular flexibility index (Phi) is 5.61. The van der Waals surface area contributed by atoms with Crippen LogP contribution in [-0.2, 0) is 13.2 Å². The molecule has 0 unspecified atom stereocenters. The summed E-state index contributed by atoms with van der Waals surface area (Å²) in [5.74, 6) is 0. The average Bonchev–Trinajstić information content (AvgIpc) is 2.72. The SMILES string of the molecule is OCc1cncc2cccnc12.[N-]=[N+]=NCc1cncc2cccnc12. The van der Waals surface area contributed by atoms with E-state index in [0.29, 0.717) is 0 Å². The minimum atomic E-state index is -0.0125. The van der Waals surface area contributed by atoms with Crippen LogP contribution in [0.4, 0.5) is 0 Å². The van der Waals surface area contributed by atoms with Crippen LogP contribution in [0.2, 0.25) is 0 Å². The number of nitrogens with zero attached hydrogens (tertiary/aromatic N) is 7. The summed E-state index contributed by atoms with van der Waals surface area (Å²) >= 11 is 0. The summed E-state index contributed by atoms with van der Waals surface area (Å²) in [7, 11) is 0. The molecule has 0 aromatic carbocycles. The topological polar surface area (TPSA) is 121 Å². The second-order valence-corrected chi connectivity index (χ2v) is 5.29. The minimum Gasteiger partial charge on any atom is -0.392 e. The summed E-state index contributed by atoms with van der Waals surface area (Å²) < 4.78 is 0. The van der Waals surface area contributed by atoms with E-state index in [4.69, 9.17) is 10.6 Å². The normalized spacial score (nSPS) is 10.0. The molecule has 26 heavy (non-hydrogen) atoms. The fourth-order valence-electron chi connectivity index (χ4n) is 2.46. The maximum Gasteiger partial charge on any atom is 0.0787 e. The Morgan fingerprint density at radius 1 is 0.885 bits per heavy atom. The summed E-state index contributed by atoms with van der Waals surface area (Å²) in [5, 5.41) is 14.4. The van der Waals surface area contributed by atoms with E-state index in [0.717, 1.165) is 32.9 Å². The highest BCUT2D eigenvalue weighted by Gasteiger charge is 2.00. The van der Waals surface area contributed by atoms with Crippen LogP contribution in [0.3, 0.4) is 0 Å². The first-order chi connectivity index (χ1) is 12.8. The molecule has 8 heteroatoms. The molecule has 4 aromatic heterocycles. The quantitative estimate of drug-likeness (QED) is 0.346. The smallest absolute Gasteiger partial charge is 0.0787 e. The highest BCUT2D eigenvalue weighted by molar-refractivity contribution is 5.80. The van der Waals surface area contributed by atoms with Crippen molar-refractivity contribution in [1.29, 1.82) is 0 Å². The second-order valence-electron chi connectivity index (χ2n) is 5.29. The molecule has 4 aromatic rings. The lowest BCUT2D eigenvalue weighted by Gasteiger charge is -2.00. The van der Waals surface area contributed by atoms with Gasteiger partial charge in [0.05, 0.1) is 24.2 Å². The van der Waals surface area contributed by atoms with Crippen molar-refractivity contribution >= 4 is 21.8 Å². The third-order valence-corrected chi connectivity index (χ3v) is 3.65. The Labute approximate surface area is 148 Å². The van der Waals surface area contributed by atoms with Crippen LogP contribution < -0.4 is 0 Å². The Morgan fingerprint density at radius 3 is 2.04 bits per heavy atom. The van der Waals surface area contributed by atoms with E-state index < -0.39 is 0 Å². The van der Waals surface area contributed by atoms with Gasteiger partial charge in [0, 0.05) is 64.0 Å². The van der Waals surface area contributed by atoms with E-state index in [2.05, 4.69) is 30.0 Å². The number of azide groups is 1. The number of aliphatic hydroxyl groups excluding tert-OH is 1. The van der Waals surface area contributed by atoms with Crippen molar-refractivity contribution in [3.8, 4) is 0 Å². The number of hydrogen-bond acceptors (Lipinski definition) is 6. The molecule has 0 aliphatic carbocycles. The monoisotopic (exact) mass is 345 g/mol. The number of pyridine rings is 4. The van der Waals surface area contributed by atoms with Crippen LogP contribution in [-0.4, -0.2) is 25.0 Å². The predicted molar refractivity (Wildman–Crippen MR) is 97.8 cm³/mol. The van der Waals surface area contributed by atoms with Crippen molar-refractivity contribution in [2.45, 2.75) is 13.2 Å². The van der Waals surface area contributed by atoms with Crippen molar-refractivity contribution in [3.05, 3.63) is 83.0 Å². The summed E-state index contributed by atoms with van der Waals surface area (Å²) in [4.78, 5) is 19.1. The van der Waals surface area contributed by atoms with E-state index in [9.17, 15) is 0 Å². The maximum absolute atomic E-state index is 8.96. The zero-order chi connectivity index (χ0) is 18.2. The number of hydrogen-bond donors (Lipinski definition) is 1. The van der Waals surface area contributed by atoms with Gasteiger partial charge in [0.15, 0.2) is 0 Å². The Balaban J connectivity index is 0.000000152. The fraction of sp³-hybridized carbons (Fsp3) is 0.111. The van der Waals surface area contributed by atoms with Crippen molar-refractivity contribution in [1.82, 2.24) is 19.9 Å². The fourth-order valence-corrected chi connectivity index (χ4v) is 2.46. The van der Waals surface area contributed by atoms with Crippen molar-refractivity contribution in [2.24, 2.45) is 5.11 Å². The van der Waals surface area contributed by atoms with Crippen LogP contribution in [0.15, 0.2) is 66.6 Å². The van der Waals surface area contributed by atoms with E-state index in [-0.39, 0.29) is 13.2 Å². The molecular formula is C18H15N7O. The largest absolute Gasteiger partial charge is 0.392 e. The van der Waals surface area contributed by atoms with E-state index in [1.807, 2.05) is 24.3 Å². The van der Waals surface area contributed by atoms with Gasteiger partial charge in [0.1, 0.15) is 0 Å². The zero-order valence-corrected chi connectivity index (χ0v) is 13.8. The Hall–Kier alpha value is -3.61. The van der Waals surface area contributed by atoms with Gasteiger partial charge in [-0.15, -0.1) is 0 Å². The van der Waals surface area contributed by atoms with Crippen LogP contribution in [0, 0.1) is 0 Å². The number of aromatic nitrogens is 4. The lowest BCUT2D eigenvalue weighted by molar-refractivity contribution is 0.282. The molecule has 0 saturated carbocycles. The molecule has 8 nitrogen and oxygen atoms in total. The first-order valence-corrected chi connectivity index (χ1v) is 7.80. The average molecular weight is 345 g/mol. The van der Waals surface area contributed by atoms with Gasteiger partial charge in [-0.25, -0.2) is 0 Å². The molecule has 4 heterocycles. The molecule has 0 spiro atoms. The third-order valence-electron chi connectivity index (χ3n) is 3.65. The maximum atomic E-state index is 8.96. The van der Waals surface area contributed by atoms with Gasteiger partial charge in [0.2, 0.25) is 0 Å². The van der Waals surface area contributed by atoms with Gasteiger partial charge >= 0.3 is 0 Å². The van der Waals surface area contributed by atoms with Crippen LogP contribution in [0.25, 0.3) is 32.2 Å². The molecule has 0 radical (unpaired) electrons. The predicted octanol–water partition coefficient (Wildman–Crippen LogP) is 3.56. The van der Waals surface area contributed by atoms with Crippen LogP contribution in [0.5, 0.6) is 0 Å². The molecule has 0 aliphatic heterocycles. The summed E-state index contributed by atoms with van der Waals surface area (Å²) in [6, 6.07) is 7.55. The van der Waals surface area contributed by atoms with Gasteiger partial charge in [-0.1, -0.05) is 5.11 Å². The third kappa shape index (κ3) is 3.89. The molecule has 4 rings (SSSR count). The summed E-state index contributed by atoms with van der Waals surface area (Å²) in [5.41, 5.74) is 11.5. The van der Waals surface area contributed by atoms with Crippen LogP contribution >= 0.6 is 0 Å². The molecule has 0 aliphatic rings. The first-order valence-electron chi connectivity index (χ1n) is 7.80. The van der Waals surface area contributed by atoms with Crippen molar-refractivity contribution < 1.29 is 5.11 Å². The van der Waals surface area contributed by atoms with Gasteiger partial charge in [0.25, 0.3) is 0 Å². The minimum absolute atomic E-state index is 0.0125. The molecule has 0 atom stereocenters. The summed E-state index contributed by atoms with van der Waals surface area (Å²) in [6.45, 7) is 0.277. The van der Waals surface area contributed by atoms with E-state index in [1.165, 1.54) is 0 Å². The summed E-state index contributed by atoms with van der Waals surface area (Å²) in [6.07, 6.45) is 10.2. The van der Waals surface area contributed by atoms with E-state index in [1.54, 1.807) is 37.2 Å². The number of fused-ring (bicyclic) bond motifs is 2.